The SMILES string of the molecule is CN[C@H](CC(C)C)CN1CCCC1. The summed E-state index contributed by atoms with van der Waals surface area (Å²) >= 11 is 0. The fourth-order valence-electron chi connectivity index (χ4n) is 2.13. The molecule has 1 aliphatic rings. The maximum absolute atomic E-state index is 3.42. The van der Waals surface area contributed by atoms with E-state index in [1.54, 1.807) is 0 Å². The minimum absolute atomic E-state index is 0.693. The van der Waals surface area contributed by atoms with Crippen molar-refractivity contribution in [2.24, 2.45) is 5.92 Å². The van der Waals surface area contributed by atoms with E-state index in [4.69, 9.17) is 0 Å². The molecule has 0 aromatic heterocycles. The van der Waals surface area contributed by atoms with Gasteiger partial charge in [0.15, 0.2) is 0 Å². The summed E-state index contributed by atoms with van der Waals surface area (Å²) < 4.78 is 0. The minimum atomic E-state index is 0.693. The summed E-state index contributed by atoms with van der Waals surface area (Å²) in [6.45, 7) is 8.48. The summed E-state index contributed by atoms with van der Waals surface area (Å²) in [5, 5.41) is 3.42. The number of likely N-dealkylation sites (tertiary alicyclic amines) is 1. The molecule has 0 radical (unpaired) electrons. The first-order valence-electron chi connectivity index (χ1n) is 5.62. The smallest absolute Gasteiger partial charge is 0.0194 e. The van der Waals surface area contributed by atoms with Gasteiger partial charge in [0.25, 0.3) is 0 Å². The molecule has 1 N–H and O–H groups in total. The number of hydrogen-bond acceptors (Lipinski definition) is 2. The van der Waals surface area contributed by atoms with Crippen molar-refractivity contribution in [1.29, 1.82) is 0 Å². The van der Waals surface area contributed by atoms with Gasteiger partial charge in [-0.05, 0) is 45.3 Å². The second-order valence-electron chi connectivity index (χ2n) is 4.62. The molecule has 1 atom stereocenters. The minimum Gasteiger partial charge on any atom is -0.316 e. The van der Waals surface area contributed by atoms with Gasteiger partial charge in [0.2, 0.25) is 0 Å². The van der Waals surface area contributed by atoms with E-state index >= 15 is 0 Å². The molecular weight excluding hydrogens is 160 g/mol. The van der Waals surface area contributed by atoms with Crippen LogP contribution in [0.1, 0.15) is 33.1 Å². The highest BCUT2D eigenvalue weighted by Gasteiger charge is 2.16. The zero-order valence-electron chi connectivity index (χ0n) is 9.34. The van der Waals surface area contributed by atoms with Gasteiger partial charge in [-0.25, -0.2) is 0 Å². The van der Waals surface area contributed by atoms with Crippen LogP contribution in [-0.2, 0) is 0 Å². The molecule has 0 aliphatic carbocycles. The van der Waals surface area contributed by atoms with Crippen molar-refractivity contribution in [2.45, 2.75) is 39.2 Å². The first-order chi connectivity index (χ1) is 6.22. The van der Waals surface area contributed by atoms with Gasteiger partial charge >= 0.3 is 0 Å². The van der Waals surface area contributed by atoms with E-state index in [9.17, 15) is 0 Å². The third-order valence-corrected chi connectivity index (χ3v) is 2.84. The Bertz CT molecular complexity index is 128. The van der Waals surface area contributed by atoms with Crippen LogP contribution in [0, 0.1) is 5.92 Å². The van der Waals surface area contributed by atoms with Crippen molar-refractivity contribution in [2.75, 3.05) is 26.7 Å². The molecule has 0 unspecified atom stereocenters. The topological polar surface area (TPSA) is 15.3 Å². The largest absolute Gasteiger partial charge is 0.316 e. The molecule has 1 rings (SSSR count). The molecule has 0 saturated carbocycles. The number of likely N-dealkylation sites (N-methyl/N-ethyl adjacent to an activating group) is 1. The van der Waals surface area contributed by atoms with Crippen molar-refractivity contribution < 1.29 is 0 Å². The van der Waals surface area contributed by atoms with Gasteiger partial charge in [-0.2, -0.15) is 0 Å². The predicted octanol–water partition coefficient (Wildman–Crippen LogP) is 1.72. The maximum atomic E-state index is 3.42. The Labute approximate surface area is 82.7 Å². The third-order valence-electron chi connectivity index (χ3n) is 2.84. The van der Waals surface area contributed by atoms with Crippen LogP contribution < -0.4 is 5.32 Å². The van der Waals surface area contributed by atoms with E-state index in [1.165, 1.54) is 38.9 Å². The van der Waals surface area contributed by atoms with Crippen molar-refractivity contribution >= 4 is 0 Å². The van der Waals surface area contributed by atoms with Gasteiger partial charge in [-0.1, -0.05) is 13.8 Å². The van der Waals surface area contributed by atoms with Crippen LogP contribution in [-0.4, -0.2) is 37.6 Å². The van der Waals surface area contributed by atoms with Crippen LogP contribution in [0.2, 0.25) is 0 Å². The molecule has 1 fully saturated rings. The van der Waals surface area contributed by atoms with E-state index in [1.807, 2.05) is 0 Å². The van der Waals surface area contributed by atoms with E-state index < -0.39 is 0 Å². The Morgan fingerprint density at radius 2 is 1.85 bits per heavy atom. The molecule has 0 bridgehead atoms. The van der Waals surface area contributed by atoms with Gasteiger partial charge < -0.3 is 10.2 Å². The maximum Gasteiger partial charge on any atom is 0.0194 e. The summed E-state index contributed by atoms with van der Waals surface area (Å²) in [6, 6.07) is 0.693. The highest BCUT2D eigenvalue weighted by molar-refractivity contribution is 4.75. The molecule has 2 heteroatoms. The Morgan fingerprint density at radius 3 is 2.31 bits per heavy atom. The summed E-state index contributed by atoms with van der Waals surface area (Å²) in [5.41, 5.74) is 0. The van der Waals surface area contributed by atoms with Gasteiger partial charge in [0.1, 0.15) is 0 Å². The lowest BCUT2D eigenvalue weighted by Crippen LogP contribution is -2.39. The summed E-state index contributed by atoms with van der Waals surface area (Å²) in [7, 11) is 2.09. The van der Waals surface area contributed by atoms with Crippen LogP contribution in [0.5, 0.6) is 0 Å². The molecule has 1 heterocycles. The monoisotopic (exact) mass is 184 g/mol. The Hall–Kier alpha value is -0.0800. The summed E-state index contributed by atoms with van der Waals surface area (Å²) in [5.74, 6) is 0.806. The standard InChI is InChI=1S/C11H24N2/c1-10(2)8-11(12-3)9-13-6-4-5-7-13/h10-12H,4-9H2,1-3H3/t11-/m1/s1. The van der Waals surface area contributed by atoms with Crippen LogP contribution in [0.4, 0.5) is 0 Å². The molecule has 0 aromatic carbocycles. The molecule has 1 saturated heterocycles. The second-order valence-corrected chi connectivity index (χ2v) is 4.62. The third kappa shape index (κ3) is 4.10. The fourth-order valence-corrected chi connectivity index (χ4v) is 2.13. The zero-order valence-corrected chi connectivity index (χ0v) is 9.34. The van der Waals surface area contributed by atoms with Crippen molar-refractivity contribution in [3.8, 4) is 0 Å². The zero-order chi connectivity index (χ0) is 9.68. The number of hydrogen-bond donors (Lipinski definition) is 1. The quantitative estimate of drug-likeness (QED) is 0.700. The summed E-state index contributed by atoms with van der Waals surface area (Å²) in [4.78, 5) is 2.59. The van der Waals surface area contributed by atoms with Crippen LogP contribution >= 0.6 is 0 Å². The van der Waals surface area contributed by atoms with E-state index in [0.717, 1.165) is 5.92 Å². The van der Waals surface area contributed by atoms with Crippen molar-refractivity contribution in [3.05, 3.63) is 0 Å². The average Bonchev–Trinajstić information content (AvgIpc) is 2.55. The Kier molecular flexibility index (Phi) is 4.74. The highest BCUT2D eigenvalue weighted by Crippen LogP contribution is 2.11. The number of rotatable bonds is 5. The van der Waals surface area contributed by atoms with Gasteiger partial charge in [0, 0.05) is 12.6 Å². The van der Waals surface area contributed by atoms with Crippen LogP contribution in [0.15, 0.2) is 0 Å². The molecule has 78 valence electrons. The average molecular weight is 184 g/mol. The number of nitrogens with zero attached hydrogens (tertiary/aromatic N) is 1. The molecule has 0 spiro atoms. The molecule has 0 aromatic rings. The first kappa shape index (κ1) is 11.0. The molecule has 2 nitrogen and oxygen atoms in total. The first-order valence-corrected chi connectivity index (χ1v) is 5.62. The van der Waals surface area contributed by atoms with Crippen LogP contribution in [0.25, 0.3) is 0 Å². The molecule has 0 amide bonds. The normalized spacial score (nSPS) is 21.2. The van der Waals surface area contributed by atoms with Crippen molar-refractivity contribution in [3.63, 3.8) is 0 Å². The van der Waals surface area contributed by atoms with Gasteiger partial charge in [0.05, 0.1) is 0 Å². The van der Waals surface area contributed by atoms with E-state index in [2.05, 4.69) is 31.1 Å². The lowest BCUT2D eigenvalue weighted by atomic mass is 10.0. The van der Waals surface area contributed by atoms with E-state index in [-0.39, 0.29) is 0 Å². The summed E-state index contributed by atoms with van der Waals surface area (Å²) in [6.07, 6.45) is 4.10. The lowest BCUT2D eigenvalue weighted by Gasteiger charge is -2.24. The number of nitrogens with one attached hydrogen (secondary N) is 1. The molecular formula is C11H24N2. The predicted molar refractivity (Wildman–Crippen MR) is 58.0 cm³/mol. The molecule has 1 aliphatic heterocycles. The highest BCUT2D eigenvalue weighted by atomic mass is 15.2. The fraction of sp³-hybridized carbons (Fsp3) is 1.00. The molecule has 13 heavy (non-hydrogen) atoms. The van der Waals surface area contributed by atoms with Crippen molar-refractivity contribution in [1.82, 2.24) is 10.2 Å². The van der Waals surface area contributed by atoms with Crippen LogP contribution in [0.3, 0.4) is 0 Å². The lowest BCUT2D eigenvalue weighted by molar-refractivity contribution is 0.276. The van der Waals surface area contributed by atoms with E-state index in [0.29, 0.717) is 6.04 Å². The Morgan fingerprint density at radius 1 is 1.23 bits per heavy atom. The van der Waals surface area contributed by atoms with Gasteiger partial charge in [-0.3, -0.25) is 0 Å². The second kappa shape index (κ2) is 5.61. The van der Waals surface area contributed by atoms with Gasteiger partial charge in [-0.15, -0.1) is 0 Å². The Balaban J connectivity index is 2.21.